The molecule has 0 saturated heterocycles. The molecule has 2 rings (SSSR count). The molecule has 1 aromatic carbocycles. The van der Waals surface area contributed by atoms with Crippen LogP contribution in [0, 0.1) is 0 Å². The second kappa shape index (κ2) is 5.20. The lowest BCUT2D eigenvalue weighted by Crippen LogP contribution is -2.15. The molecular weight excluding hydrogens is 272 g/mol. The fraction of sp³-hybridized carbons (Fsp3) is 0.333. The number of imidazole rings is 1. The van der Waals surface area contributed by atoms with Crippen molar-refractivity contribution in [2.45, 2.75) is 17.3 Å². The van der Waals surface area contributed by atoms with Crippen LogP contribution in [0.1, 0.15) is 6.92 Å². The van der Waals surface area contributed by atoms with Gasteiger partial charge in [-0.25, -0.2) is 4.98 Å². The number of ether oxygens (including phenoxy) is 1. The van der Waals surface area contributed by atoms with Crippen LogP contribution in [0.15, 0.2) is 23.4 Å². The molecule has 2 aromatic rings. The molecule has 4 nitrogen and oxygen atoms in total. The van der Waals surface area contributed by atoms with Gasteiger partial charge >= 0.3 is 5.97 Å². The van der Waals surface area contributed by atoms with Gasteiger partial charge < -0.3 is 9.30 Å². The Morgan fingerprint density at radius 1 is 1.56 bits per heavy atom. The molecule has 0 amide bonds. The molecular formula is C12H13ClN2O2S. The number of esters is 1. The van der Waals surface area contributed by atoms with Crippen molar-refractivity contribution < 1.29 is 9.53 Å². The number of carbonyl (C=O) groups is 1. The number of halogens is 1. The summed E-state index contributed by atoms with van der Waals surface area (Å²) in [6.45, 7) is 1.79. The van der Waals surface area contributed by atoms with Gasteiger partial charge in [0.1, 0.15) is 5.25 Å². The lowest BCUT2D eigenvalue weighted by Gasteiger charge is -2.08. The van der Waals surface area contributed by atoms with Gasteiger partial charge in [0.05, 0.1) is 18.1 Å². The Balaban J connectivity index is 2.34. The predicted octanol–water partition coefficient (Wildman–Crippen LogP) is 2.88. The third-order valence-electron chi connectivity index (χ3n) is 2.62. The monoisotopic (exact) mass is 284 g/mol. The molecule has 96 valence electrons. The molecule has 1 heterocycles. The van der Waals surface area contributed by atoms with Gasteiger partial charge in [-0.2, -0.15) is 0 Å². The third-order valence-corrected chi connectivity index (χ3v) is 3.97. The van der Waals surface area contributed by atoms with Gasteiger partial charge in [-0.15, -0.1) is 0 Å². The van der Waals surface area contributed by atoms with E-state index in [9.17, 15) is 4.79 Å². The highest BCUT2D eigenvalue weighted by molar-refractivity contribution is 8.00. The Morgan fingerprint density at radius 2 is 2.28 bits per heavy atom. The van der Waals surface area contributed by atoms with Crippen molar-refractivity contribution in [3.8, 4) is 0 Å². The molecule has 0 radical (unpaired) electrons. The van der Waals surface area contributed by atoms with Crippen LogP contribution in [0.3, 0.4) is 0 Å². The van der Waals surface area contributed by atoms with Crippen molar-refractivity contribution in [1.29, 1.82) is 0 Å². The maximum atomic E-state index is 11.4. The fourth-order valence-corrected chi connectivity index (χ4v) is 2.71. The number of fused-ring (bicyclic) bond motifs is 1. The Morgan fingerprint density at radius 3 is 2.94 bits per heavy atom. The second-order valence-corrected chi connectivity index (χ2v) is 5.61. The number of rotatable bonds is 3. The van der Waals surface area contributed by atoms with Crippen LogP contribution in [0.25, 0.3) is 11.0 Å². The van der Waals surface area contributed by atoms with E-state index in [4.69, 9.17) is 16.3 Å². The Kier molecular flexibility index (Phi) is 3.82. The van der Waals surface area contributed by atoms with E-state index < -0.39 is 0 Å². The van der Waals surface area contributed by atoms with E-state index >= 15 is 0 Å². The number of carbonyl (C=O) groups excluding carboxylic acids is 1. The van der Waals surface area contributed by atoms with Crippen LogP contribution >= 0.6 is 23.4 Å². The summed E-state index contributed by atoms with van der Waals surface area (Å²) in [5.41, 5.74) is 1.81. The van der Waals surface area contributed by atoms with E-state index in [1.807, 2.05) is 29.8 Å². The molecule has 0 aliphatic rings. The number of hydrogen-bond acceptors (Lipinski definition) is 4. The molecule has 6 heteroatoms. The van der Waals surface area contributed by atoms with Crippen LogP contribution in [0.2, 0.25) is 5.02 Å². The van der Waals surface area contributed by atoms with Crippen LogP contribution < -0.4 is 0 Å². The van der Waals surface area contributed by atoms with Crippen molar-refractivity contribution in [2.75, 3.05) is 7.11 Å². The van der Waals surface area contributed by atoms with E-state index in [0.717, 1.165) is 16.2 Å². The lowest BCUT2D eigenvalue weighted by atomic mass is 10.3. The first-order valence-corrected chi connectivity index (χ1v) is 6.65. The topological polar surface area (TPSA) is 44.1 Å². The zero-order chi connectivity index (χ0) is 13.3. The molecule has 0 saturated carbocycles. The lowest BCUT2D eigenvalue weighted by molar-refractivity contribution is -0.139. The number of thioether (sulfide) groups is 1. The highest BCUT2D eigenvalue weighted by Crippen LogP contribution is 2.27. The van der Waals surface area contributed by atoms with Gasteiger partial charge in [-0.1, -0.05) is 23.4 Å². The SMILES string of the molecule is COC(=O)C(C)Sc1nc2cc(Cl)ccc2n1C. The third kappa shape index (κ3) is 2.47. The van der Waals surface area contributed by atoms with Crippen molar-refractivity contribution in [1.82, 2.24) is 9.55 Å². The normalized spacial score (nSPS) is 12.7. The summed E-state index contributed by atoms with van der Waals surface area (Å²) in [5.74, 6) is -0.259. The number of nitrogens with zero attached hydrogens (tertiary/aromatic N) is 2. The van der Waals surface area contributed by atoms with E-state index in [1.54, 1.807) is 6.92 Å². The van der Waals surface area contributed by atoms with E-state index in [1.165, 1.54) is 18.9 Å². The van der Waals surface area contributed by atoms with Gasteiger partial charge in [-0.3, -0.25) is 4.79 Å². The van der Waals surface area contributed by atoms with Gasteiger partial charge in [0.15, 0.2) is 5.16 Å². The zero-order valence-electron chi connectivity index (χ0n) is 10.3. The number of benzene rings is 1. The Bertz CT molecular complexity index is 597. The summed E-state index contributed by atoms with van der Waals surface area (Å²) < 4.78 is 6.64. The Labute approximate surface area is 114 Å². The van der Waals surface area contributed by atoms with E-state index in [2.05, 4.69) is 4.98 Å². The minimum Gasteiger partial charge on any atom is -0.468 e. The van der Waals surface area contributed by atoms with Crippen molar-refractivity contribution >= 4 is 40.4 Å². The molecule has 0 aliphatic carbocycles. The Hall–Kier alpha value is -1.20. The van der Waals surface area contributed by atoms with Gasteiger partial charge in [-0.05, 0) is 25.1 Å². The molecule has 0 fully saturated rings. The zero-order valence-corrected chi connectivity index (χ0v) is 11.9. The quantitative estimate of drug-likeness (QED) is 0.642. The van der Waals surface area contributed by atoms with Crippen LogP contribution in [0.4, 0.5) is 0 Å². The van der Waals surface area contributed by atoms with E-state index in [-0.39, 0.29) is 11.2 Å². The molecule has 0 bridgehead atoms. The number of aryl methyl sites for hydroxylation is 1. The van der Waals surface area contributed by atoms with E-state index in [0.29, 0.717) is 5.02 Å². The largest absolute Gasteiger partial charge is 0.468 e. The van der Waals surface area contributed by atoms with Gasteiger partial charge in [0.25, 0.3) is 0 Å². The first kappa shape index (κ1) is 13.2. The molecule has 1 atom stereocenters. The van der Waals surface area contributed by atoms with Crippen LogP contribution in [-0.2, 0) is 16.6 Å². The van der Waals surface area contributed by atoms with Gasteiger partial charge in [0.2, 0.25) is 0 Å². The van der Waals surface area contributed by atoms with Crippen molar-refractivity contribution in [3.63, 3.8) is 0 Å². The van der Waals surface area contributed by atoms with Crippen molar-refractivity contribution in [2.24, 2.45) is 7.05 Å². The van der Waals surface area contributed by atoms with Gasteiger partial charge in [0, 0.05) is 12.1 Å². The first-order valence-electron chi connectivity index (χ1n) is 5.39. The van der Waals surface area contributed by atoms with Crippen LogP contribution in [0.5, 0.6) is 0 Å². The smallest absolute Gasteiger partial charge is 0.318 e. The molecule has 0 N–H and O–H groups in total. The maximum absolute atomic E-state index is 11.4. The summed E-state index contributed by atoms with van der Waals surface area (Å²) >= 11 is 7.30. The highest BCUT2D eigenvalue weighted by Gasteiger charge is 2.18. The second-order valence-electron chi connectivity index (χ2n) is 3.87. The summed E-state index contributed by atoms with van der Waals surface area (Å²) in [5, 5.41) is 1.13. The minimum absolute atomic E-state index is 0.259. The fourth-order valence-electron chi connectivity index (χ4n) is 1.63. The number of hydrogen-bond donors (Lipinski definition) is 0. The average Bonchev–Trinajstić information content (AvgIpc) is 2.64. The molecule has 1 unspecified atom stereocenters. The maximum Gasteiger partial charge on any atom is 0.318 e. The van der Waals surface area contributed by atoms with Crippen LogP contribution in [-0.4, -0.2) is 27.9 Å². The summed E-state index contributed by atoms with van der Waals surface area (Å²) in [7, 11) is 3.30. The average molecular weight is 285 g/mol. The number of aromatic nitrogens is 2. The first-order chi connectivity index (χ1) is 8.52. The summed E-state index contributed by atoms with van der Waals surface area (Å²) in [4.78, 5) is 15.9. The standard InChI is InChI=1S/C12H13ClN2O2S/c1-7(11(16)17-3)18-12-14-9-6-8(13)4-5-10(9)15(12)2/h4-7H,1-3H3. The summed E-state index contributed by atoms with van der Waals surface area (Å²) in [6, 6.07) is 5.55. The van der Waals surface area contributed by atoms with Crippen molar-refractivity contribution in [3.05, 3.63) is 23.2 Å². The molecule has 0 aliphatic heterocycles. The highest BCUT2D eigenvalue weighted by atomic mass is 35.5. The predicted molar refractivity (Wildman–Crippen MR) is 73.1 cm³/mol. The molecule has 0 spiro atoms. The minimum atomic E-state index is -0.291. The number of methoxy groups -OCH3 is 1. The molecule has 18 heavy (non-hydrogen) atoms. The summed E-state index contributed by atoms with van der Waals surface area (Å²) in [6.07, 6.45) is 0. The molecule has 1 aromatic heterocycles.